The molecule has 0 aliphatic carbocycles. The zero-order valence-corrected chi connectivity index (χ0v) is 8.03. The third-order valence-corrected chi connectivity index (χ3v) is 2.54. The molecule has 1 aromatic rings. The van der Waals surface area contributed by atoms with Crippen molar-refractivity contribution in [3.63, 3.8) is 0 Å². The lowest BCUT2D eigenvalue weighted by Crippen LogP contribution is -2.27. The standard InChI is InChI=1S/C7H3F5O3S/c8-4-2-1-3(5(9)6(4)10)7(11,12)16(13,14)15/h1-2H,(H,13,14,15). The fraction of sp³-hybridized carbons (Fsp3) is 0.143. The van der Waals surface area contributed by atoms with E-state index in [1.54, 1.807) is 0 Å². The first-order valence-corrected chi connectivity index (χ1v) is 5.02. The van der Waals surface area contributed by atoms with Gasteiger partial charge in [-0.1, -0.05) is 0 Å². The molecule has 1 rings (SSSR count). The summed E-state index contributed by atoms with van der Waals surface area (Å²) in [5.74, 6) is -6.38. The topological polar surface area (TPSA) is 54.4 Å². The Morgan fingerprint density at radius 1 is 1.06 bits per heavy atom. The van der Waals surface area contributed by atoms with Crippen molar-refractivity contribution in [2.45, 2.75) is 5.25 Å². The molecule has 3 nitrogen and oxygen atoms in total. The fourth-order valence-corrected chi connectivity index (χ4v) is 1.33. The molecule has 1 aromatic carbocycles. The molecule has 90 valence electrons. The molecular formula is C7H3F5O3S. The first-order chi connectivity index (χ1) is 7.09. The van der Waals surface area contributed by atoms with Gasteiger partial charge >= 0.3 is 15.4 Å². The largest absolute Gasteiger partial charge is 0.398 e. The molecule has 0 saturated heterocycles. The minimum atomic E-state index is -5.97. The van der Waals surface area contributed by atoms with Gasteiger partial charge in [-0.25, -0.2) is 13.2 Å². The summed E-state index contributed by atoms with van der Waals surface area (Å²) in [6.07, 6.45) is 0. The van der Waals surface area contributed by atoms with Gasteiger partial charge in [-0.05, 0) is 12.1 Å². The zero-order chi connectivity index (χ0) is 12.7. The number of halogens is 5. The van der Waals surface area contributed by atoms with Crippen LogP contribution in [0.1, 0.15) is 5.56 Å². The first-order valence-electron chi connectivity index (χ1n) is 3.58. The monoisotopic (exact) mass is 262 g/mol. The van der Waals surface area contributed by atoms with Gasteiger partial charge < -0.3 is 0 Å². The quantitative estimate of drug-likeness (QED) is 0.504. The van der Waals surface area contributed by atoms with E-state index < -0.39 is 38.4 Å². The number of alkyl halides is 2. The molecule has 0 bridgehead atoms. The molecule has 0 heterocycles. The summed E-state index contributed by atoms with van der Waals surface area (Å²) in [5.41, 5.74) is -1.96. The van der Waals surface area contributed by atoms with E-state index in [1.165, 1.54) is 0 Å². The summed E-state index contributed by atoms with van der Waals surface area (Å²) >= 11 is 0. The highest BCUT2D eigenvalue weighted by molar-refractivity contribution is 7.86. The van der Waals surface area contributed by atoms with E-state index in [0.717, 1.165) is 0 Å². The third kappa shape index (κ3) is 1.87. The van der Waals surface area contributed by atoms with E-state index in [2.05, 4.69) is 0 Å². The second kappa shape index (κ2) is 3.67. The lowest BCUT2D eigenvalue weighted by Gasteiger charge is -2.14. The maximum atomic E-state index is 12.9. The molecule has 0 fully saturated rings. The molecule has 0 unspecified atom stereocenters. The summed E-state index contributed by atoms with van der Waals surface area (Å²) in [6.45, 7) is 0. The highest BCUT2D eigenvalue weighted by atomic mass is 32.2. The minimum absolute atomic E-state index is 0.0293. The SMILES string of the molecule is O=S(=O)(O)C(F)(F)c1ccc(F)c(F)c1F. The molecule has 9 heteroatoms. The van der Waals surface area contributed by atoms with E-state index in [1.807, 2.05) is 0 Å². The van der Waals surface area contributed by atoms with E-state index in [9.17, 15) is 30.4 Å². The van der Waals surface area contributed by atoms with Crippen molar-refractivity contribution in [3.05, 3.63) is 35.1 Å². The maximum absolute atomic E-state index is 12.9. The van der Waals surface area contributed by atoms with Gasteiger partial charge in [0.25, 0.3) is 0 Å². The molecule has 16 heavy (non-hydrogen) atoms. The van der Waals surface area contributed by atoms with Gasteiger partial charge in [-0.3, -0.25) is 4.55 Å². The van der Waals surface area contributed by atoms with Crippen molar-refractivity contribution in [1.29, 1.82) is 0 Å². The predicted octanol–water partition coefficient (Wildman–Crippen LogP) is 2.04. The Kier molecular flexibility index (Phi) is 2.94. The Bertz CT molecular complexity index is 525. The number of hydrogen-bond donors (Lipinski definition) is 1. The van der Waals surface area contributed by atoms with E-state index in [4.69, 9.17) is 4.55 Å². The minimum Gasteiger partial charge on any atom is -0.281 e. The average Bonchev–Trinajstić information content (AvgIpc) is 2.12. The summed E-state index contributed by atoms with van der Waals surface area (Å²) in [6, 6.07) is 0.147. The van der Waals surface area contributed by atoms with Gasteiger partial charge in [0.1, 0.15) is 0 Å². The van der Waals surface area contributed by atoms with Crippen LogP contribution < -0.4 is 0 Å². The Labute approximate surface area is 86.3 Å². The van der Waals surface area contributed by atoms with Gasteiger partial charge in [-0.15, -0.1) is 0 Å². The summed E-state index contributed by atoms with van der Waals surface area (Å²) in [4.78, 5) is 0. The highest BCUT2D eigenvalue weighted by Crippen LogP contribution is 2.35. The van der Waals surface area contributed by atoms with Gasteiger partial charge in [0.05, 0.1) is 5.56 Å². The van der Waals surface area contributed by atoms with Gasteiger partial charge in [0.2, 0.25) is 0 Å². The molecule has 0 aliphatic rings. The molecule has 0 amide bonds. The molecule has 0 aromatic heterocycles. The summed E-state index contributed by atoms with van der Waals surface area (Å²) < 4.78 is 92.0. The lowest BCUT2D eigenvalue weighted by atomic mass is 10.2. The summed E-state index contributed by atoms with van der Waals surface area (Å²) in [5, 5.41) is -5.05. The van der Waals surface area contributed by atoms with Crippen LogP contribution in [0.25, 0.3) is 0 Å². The molecule has 0 saturated carbocycles. The normalized spacial score (nSPS) is 12.9. The molecule has 0 radical (unpaired) electrons. The molecule has 1 N–H and O–H groups in total. The number of benzene rings is 1. The van der Waals surface area contributed by atoms with Crippen molar-refractivity contribution in [1.82, 2.24) is 0 Å². The van der Waals surface area contributed by atoms with Crippen LogP contribution in [0.2, 0.25) is 0 Å². The Hall–Kier alpha value is -1.22. The highest BCUT2D eigenvalue weighted by Gasteiger charge is 2.48. The molecule has 0 atom stereocenters. The lowest BCUT2D eigenvalue weighted by molar-refractivity contribution is 0.0738. The van der Waals surface area contributed by atoms with Crippen LogP contribution in [0.5, 0.6) is 0 Å². The predicted molar refractivity (Wildman–Crippen MR) is 41.8 cm³/mol. The number of hydrogen-bond acceptors (Lipinski definition) is 2. The van der Waals surface area contributed by atoms with Crippen molar-refractivity contribution >= 4 is 10.1 Å². The van der Waals surface area contributed by atoms with Crippen LogP contribution in [0.4, 0.5) is 22.0 Å². The third-order valence-electron chi connectivity index (χ3n) is 1.67. The van der Waals surface area contributed by atoms with Crippen molar-refractivity contribution < 1.29 is 34.9 Å². The Morgan fingerprint density at radius 3 is 2.00 bits per heavy atom. The smallest absolute Gasteiger partial charge is 0.281 e. The van der Waals surface area contributed by atoms with Gasteiger partial charge in [0.15, 0.2) is 17.5 Å². The maximum Gasteiger partial charge on any atom is 0.398 e. The fourth-order valence-electron chi connectivity index (χ4n) is 0.890. The summed E-state index contributed by atoms with van der Waals surface area (Å²) in [7, 11) is -5.97. The van der Waals surface area contributed by atoms with Crippen LogP contribution in [-0.2, 0) is 15.4 Å². The Morgan fingerprint density at radius 2 is 1.56 bits per heavy atom. The average molecular weight is 262 g/mol. The van der Waals surface area contributed by atoms with Crippen LogP contribution in [0.15, 0.2) is 12.1 Å². The molecule has 0 aliphatic heterocycles. The van der Waals surface area contributed by atoms with Crippen LogP contribution in [0, 0.1) is 17.5 Å². The molecular weight excluding hydrogens is 259 g/mol. The van der Waals surface area contributed by atoms with Crippen LogP contribution in [-0.4, -0.2) is 13.0 Å². The van der Waals surface area contributed by atoms with Crippen LogP contribution in [0.3, 0.4) is 0 Å². The van der Waals surface area contributed by atoms with Crippen molar-refractivity contribution in [3.8, 4) is 0 Å². The van der Waals surface area contributed by atoms with Gasteiger partial charge in [0, 0.05) is 0 Å². The second-order valence-electron chi connectivity index (χ2n) is 2.71. The zero-order valence-electron chi connectivity index (χ0n) is 7.22. The van der Waals surface area contributed by atoms with Crippen molar-refractivity contribution in [2.24, 2.45) is 0 Å². The van der Waals surface area contributed by atoms with Gasteiger partial charge in [-0.2, -0.15) is 17.2 Å². The first kappa shape index (κ1) is 12.8. The molecule has 0 spiro atoms. The van der Waals surface area contributed by atoms with Crippen LogP contribution >= 0.6 is 0 Å². The van der Waals surface area contributed by atoms with E-state index in [-0.39, 0.29) is 12.1 Å². The van der Waals surface area contributed by atoms with E-state index in [0.29, 0.717) is 0 Å². The van der Waals surface area contributed by atoms with E-state index >= 15 is 0 Å². The Balaban J connectivity index is 3.53. The van der Waals surface area contributed by atoms with Crippen molar-refractivity contribution in [2.75, 3.05) is 0 Å². The number of rotatable bonds is 2. The second-order valence-corrected chi connectivity index (χ2v) is 4.18.